The van der Waals surface area contributed by atoms with Crippen LogP contribution in [0.25, 0.3) is 0 Å². The molecule has 0 saturated carbocycles. The number of nitrogens with zero attached hydrogens (tertiary/aromatic N) is 3. The second-order valence-corrected chi connectivity index (χ2v) is 4.71. The standard InChI is InChI=1S/C9H11BrClN3O2/c1-5(13(2)3)7-6(14(15)16)4-12-9(11)8(7)10/h4-5H,1-3H3. The fourth-order valence-corrected chi connectivity index (χ4v) is 2.06. The van der Waals surface area contributed by atoms with Crippen molar-refractivity contribution in [3.8, 4) is 0 Å². The van der Waals surface area contributed by atoms with Gasteiger partial charge in [0.25, 0.3) is 5.69 Å². The highest BCUT2D eigenvalue weighted by Gasteiger charge is 2.25. The molecule has 0 aromatic carbocycles. The first-order valence-corrected chi connectivity index (χ1v) is 5.68. The van der Waals surface area contributed by atoms with Gasteiger partial charge >= 0.3 is 0 Å². The molecule has 0 bridgehead atoms. The Bertz CT molecular complexity index is 425. The van der Waals surface area contributed by atoms with Crippen molar-refractivity contribution in [1.29, 1.82) is 0 Å². The molecule has 7 heteroatoms. The number of hydrogen-bond donors (Lipinski definition) is 0. The molecule has 1 unspecified atom stereocenters. The van der Waals surface area contributed by atoms with E-state index >= 15 is 0 Å². The van der Waals surface area contributed by atoms with Crippen LogP contribution in [0.4, 0.5) is 5.69 Å². The molecule has 0 amide bonds. The molecule has 0 aliphatic rings. The van der Waals surface area contributed by atoms with Crippen LogP contribution in [0.15, 0.2) is 10.7 Å². The fourth-order valence-electron chi connectivity index (χ4n) is 1.27. The molecular formula is C9H11BrClN3O2. The molecule has 88 valence electrons. The molecule has 1 aromatic heterocycles. The minimum atomic E-state index is -0.455. The Morgan fingerprint density at radius 2 is 2.19 bits per heavy atom. The first kappa shape index (κ1) is 13.3. The van der Waals surface area contributed by atoms with Gasteiger partial charge in [0.05, 0.1) is 15.0 Å². The predicted octanol–water partition coefficient (Wildman–Crippen LogP) is 3.03. The summed E-state index contributed by atoms with van der Waals surface area (Å²) in [5, 5.41) is 11.1. The van der Waals surface area contributed by atoms with Gasteiger partial charge in [-0.1, -0.05) is 11.6 Å². The van der Waals surface area contributed by atoms with Crippen molar-refractivity contribution in [3.05, 3.63) is 31.5 Å². The number of rotatable bonds is 3. The molecule has 1 atom stereocenters. The lowest BCUT2D eigenvalue weighted by Crippen LogP contribution is -2.18. The third kappa shape index (κ3) is 2.50. The SMILES string of the molecule is CC(c1c([N+](=O)[O-])cnc(Cl)c1Br)N(C)C. The molecular weight excluding hydrogens is 297 g/mol. The van der Waals surface area contributed by atoms with E-state index in [9.17, 15) is 10.1 Å². The van der Waals surface area contributed by atoms with Crippen molar-refractivity contribution < 1.29 is 4.92 Å². The van der Waals surface area contributed by atoms with Gasteiger partial charge in [-0.25, -0.2) is 4.98 Å². The van der Waals surface area contributed by atoms with Crippen LogP contribution >= 0.6 is 27.5 Å². The van der Waals surface area contributed by atoms with Gasteiger partial charge in [0.1, 0.15) is 11.3 Å². The Labute approximate surface area is 107 Å². The number of halogens is 2. The van der Waals surface area contributed by atoms with Crippen LogP contribution < -0.4 is 0 Å². The van der Waals surface area contributed by atoms with Gasteiger partial charge in [-0.2, -0.15) is 0 Å². The summed E-state index contributed by atoms with van der Waals surface area (Å²) in [5.74, 6) is 0. The summed E-state index contributed by atoms with van der Waals surface area (Å²) in [6.07, 6.45) is 1.18. The van der Waals surface area contributed by atoms with Crippen molar-refractivity contribution in [2.45, 2.75) is 13.0 Å². The van der Waals surface area contributed by atoms with Gasteiger partial charge in [0.2, 0.25) is 0 Å². The molecule has 0 saturated heterocycles. The first-order chi connectivity index (χ1) is 7.36. The molecule has 1 heterocycles. The Hall–Kier alpha value is -0.720. The molecule has 1 aromatic rings. The second kappa shape index (κ2) is 5.07. The third-order valence-electron chi connectivity index (χ3n) is 2.38. The highest BCUT2D eigenvalue weighted by molar-refractivity contribution is 9.10. The summed E-state index contributed by atoms with van der Waals surface area (Å²) in [7, 11) is 3.68. The highest BCUT2D eigenvalue weighted by atomic mass is 79.9. The molecule has 1 rings (SSSR count). The zero-order valence-electron chi connectivity index (χ0n) is 9.07. The number of pyridine rings is 1. The average Bonchev–Trinajstić information content (AvgIpc) is 2.20. The second-order valence-electron chi connectivity index (χ2n) is 3.56. The number of hydrogen-bond acceptors (Lipinski definition) is 4. The van der Waals surface area contributed by atoms with Crippen LogP contribution in [0.3, 0.4) is 0 Å². The van der Waals surface area contributed by atoms with Crippen molar-refractivity contribution in [2.24, 2.45) is 0 Å². The van der Waals surface area contributed by atoms with Crippen molar-refractivity contribution in [1.82, 2.24) is 9.88 Å². The van der Waals surface area contributed by atoms with Crippen LogP contribution in [0.1, 0.15) is 18.5 Å². The van der Waals surface area contributed by atoms with Gasteiger partial charge in [0.15, 0.2) is 0 Å². The summed E-state index contributed by atoms with van der Waals surface area (Å²) in [6, 6.07) is -0.129. The largest absolute Gasteiger partial charge is 0.302 e. The van der Waals surface area contributed by atoms with Gasteiger partial charge < -0.3 is 4.90 Å². The lowest BCUT2D eigenvalue weighted by Gasteiger charge is -2.21. The average molecular weight is 309 g/mol. The monoisotopic (exact) mass is 307 g/mol. The van der Waals surface area contributed by atoms with Crippen molar-refractivity contribution in [2.75, 3.05) is 14.1 Å². The van der Waals surface area contributed by atoms with E-state index in [2.05, 4.69) is 20.9 Å². The first-order valence-electron chi connectivity index (χ1n) is 4.51. The minimum absolute atomic E-state index is 0.0301. The van der Waals surface area contributed by atoms with Gasteiger partial charge in [-0.15, -0.1) is 0 Å². The van der Waals surface area contributed by atoms with E-state index in [1.165, 1.54) is 6.20 Å². The van der Waals surface area contributed by atoms with Crippen LogP contribution in [0, 0.1) is 10.1 Å². The van der Waals surface area contributed by atoms with E-state index in [1.54, 1.807) is 0 Å². The van der Waals surface area contributed by atoms with Crippen molar-refractivity contribution in [3.63, 3.8) is 0 Å². The Morgan fingerprint density at radius 3 is 2.62 bits per heavy atom. The summed E-state index contributed by atoms with van der Waals surface area (Å²) >= 11 is 9.08. The predicted molar refractivity (Wildman–Crippen MR) is 65.7 cm³/mol. The Balaban J connectivity index is 3.43. The van der Waals surface area contributed by atoms with Crippen LogP contribution in [-0.2, 0) is 0 Å². The molecule has 0 N–H and O–H groups in total. The lowest BCUT2D eigenvalue weighted by molar-refractivity contribution is -0.386. The molecule has 0 aliphatic heterocycles. The zero-order chi connectivity index (χ0) is 12.5. The third-order valence-corrected chi connectivity index (χ3v) is 3.70. The van der Waals surface area contributed by atoms with Crippen LogP contribution in [0.5, 0.6) is 0 Å². The van der Waals surface area contributed by atoms with E-state index in [4.69, 9.17) is 11.6 Å². The van der Waals surface area contributed by atoms with Crippen LogP contribution in [-0.4, -0.2) is 28.9 Å². The van der Waals surface area contributed by atoms with Crippen LogP contribution in [0.2, 0.25) is 5.15 Å². The van der Waals surface area contributed by atoms with Gasteiger partial charge in [-0.3, -0.25) is 10.1 Å². The fraction of sp³-hybridized carbons (Fsp3) is 0.444. The molecule has 0 fully saturated rings. The highest BCUT2D eigenvalue weighted by Crippen LogP contribution is 2.37. The quantitative estimate of drug-likeness (QED) is 0.489. The lowest BCUT2D eigenvalue weighted by atomic mass is 10.1. The molecule has 0 aliphatic carbocycles. The molecule has 16 heavy (non-hydrogen) atoms. The zero-order valence-corrected chi connectivity index (χ0v) is 11.4. The Kier molecular flexibility index (Phi) is 4.23. The maximum atomic E-state index is 10.9. The van der Waals surface area contributed by atoms with Crippen molar-refractivity contribution >= 4 is 33.2 Å². The summed E-state index contributed by atoms with van der Waals surface area (Å²) in [4.78, 5) is 16.1. The summed E-state index contributed by atoms with van der Waals surface area (Å²) in [5.41, 5.74) is 0.507. The molecule has 0 spiro atoms. The topological polar surface area (TPSA) is 59.3 Å². The summed E-state index contributed by atoms with van der Waals surface area (Å²) < 4.78 is 0.476. The smallest absolute Gasteiger partial charge is 0.293 e. The van der Waals surface area contributed by atoms with E-state index < -0.39 is 4.92 Å². The summed E-state index contributed by atoms with van der Waals surface area (Å²) in [6.45, 7) is 1.86. The maximum Gasteiger partial charge on any atom is 0.293 e. The Morgan fingerprint density at radius 1 is 1.62 bits per heavy atom. The maximum absolute atomic E-state index is 10.9. The molecule has 0 radical (unpaired) electrons. The van der Waals surface area contributed by atoms with Gasteiger partial charge in [0, 0.05) is 6.04 Å². The number of nitro groups is 1. The van der Waals surface area contributed by atoms with E-state index in [1.807, 2.05) is 25.9 Å². The van der Waals surface area contributed by atoms with E-state index in [0.29, 0.717) is 10.0 Å². The minimum Gasteiger partial charge on any atom is -0.302 e. The van der Waals surface area contributed by atoms with E-state index in [-0.39, 0.29) is 16.9 Å². The number of aromatic nitrogens is 1. The molecule has 5 nitrogen and oxygen atoms in total. The normalized spacial score (nSPS) is 12.9. The van der Waals surface area contributed by atoms with Gasteiger partial charge in [-0.05, 0) is 36.9 Å². The van der Waals surface area contributed by atoms with E-state index in [0.717, 1.165) is 0 Å².